The number of ether oxygens (including phenoxy) is 2. The zero-order valence-electron chi connectivity index (χ0n) is 13.1. The maximum Gasteiger partial charge on any atom is 0.325 e. The minimum absolute atomic E-state index is 0.174. The van der Waals surface area contributed by atoms with E-state index in [1.165, 1.54) is 0 Å². The number of hydrogen-bond acceptors (Lipinski definition) is 4. The molecular formula is C14H29NO3. The van der Waals surface area contributed by atoms with Crippen LogP contribution in [0.15, 0.2) is 0 Å². The molecule has 0 saturated heterocycles. The van der Waals surface area contributed by atoms with E-state index in [0.29, 0.717) is 6.61 Å². The predicted molar refractivity (Wildman–Crippen MR) is 73.6 cm³/mol. The van der Waals surface area contributed by atoms with E-state index in [4.69, 9.17) is 9.47 Å². The molecule has 1 N–H and O–H groups in total. The SMILES string of the molecule is CCOC(=O)[C@@H](NC(C)(C)C)[C@@H](C)OC(C)(C)C. The van der Waals surface area contributed by atoms with Gasteiger partial charge in [0.2, 0.25) is 0 Å². The summed E-state index contributed by atoms with van der Waals surface area (Å²) in [7, 11) is 0. The molecule has 4 heteroatoms. The maximum atomic E-state index is 12.0. The average molecular weight is 259 g/mol. The fourth-order valence-electron chi connectivity index (χ4n) is 1.69. The summed E-state index contributed by atoms with van der Waals surface area (Å²) in [4.78, 5) is 12.0. The first-order valence-electron chi connectivity index (χ1n) is 6.58. The molecule has 2 atom stereocenters. The molecule has 0 saturated carbocycles. The van der Waals surface area contributed by atoms with Gasteiger partial charge in [-0.05, 0) is 55.4 Å². The highest BCUT2D eigenvalue weighted by Crippen LogP contribution is 2.16. The van der Waals surface area contributed by atoms with Gasteiger partial charge in [-0.2, -0.15) is 0 Å². The van der Waals surface area contributed by atoms with Crippen LogP contribution in [0.1, 0.15) is 55.4 Å². The molecule has 108 valence electrons. The first kappa shape index (κ1) is 17.4. The Balaban J connectivity index is 4.80. The monoisotopic (exact) mass is 259 g/mol. The first-order valence-corrected chi connectivity index (χ1v) is 6.58. The molecule has 0 amide bonds. The van der Waals surface area contributed by atoms with E-state index < -0.39 is 6.04 Å². The molecule has 0 bridgehead atoms. The van der Waals surface area contributed by atoms with Crippen molar-refractivity contribution in [2.45, 2.75) is 78.7 Å². The van der Waals surface area contributed by atoms with Crippen LogP contribution >= 0.6 is 0 Å². The van der Waals surface area contributed by atoms with Crippen LogP contribution < -0.4 is 5.32 Å². The van der Waals surface area contributed by atoms with Gasteiger partial charge >= 0.3 is 5.97 Å². The summed E-state index contributed by atoms with van der Waals surface area (Å²) < 4.78 is 11.0. The molecule has 4 nitrogen and oxygen atoms in total. The minimum atomic E-state index is -0.454. The highest BCUT2D eigenvalue weighted by atomic mass is 16.5. The van der Waals surface area contributed by atoms with Crippen LogP contribution in [0.4, 0.5) is 0 Å². The zero-order valence-corrected chi connectivity index (χ0v) is 13.1. The van der Waals surface area contributed by atoms with E-state index in [1.54, 1.807) is 6.92 Å². The maximum absolute atomic E-state index is 12.0. The number of rotatable bonds is 5. The van der Waals surface area contributed by atoms with Gasteiger partial charge in [-0.3, -0.25) is 10.1 Å². The minimum Gasteiger partial charge on any atom is -0.465 e. The Kier molecular flexibility index (Phi) is 6.30. The Morgan fingerprint density at radius 3 is 2.00 bits per heavy atom. The fraction of sp³-hybridized carbons (Fsp3) is 0.929. The average Bonchev–Trinajstić information content (AvgIpc) is 2.10. The number of hydrogen-bond donors (Lipinski definition) is 1. The first-order chi connectivity index (χ1) is 7.96. The Hall–Kier alpha value is -0.610. The van der Waals surface area contributed by atoms with Crippen molar-refractivity contribution in [1.82, 2.24) is 5.32 Å². The third-order valence-corrected chi connectivity index (χ3v) is 2.14. The lowest BCUT2D eigenvalue weighted by atomic mass is 10.0. The van der Waals surface area contributed by atoms with Gasteiger partial charge in [0.15, 0.2) is 0 Å². The van der Waals surface area contributed by atoms with Crippen molar-refractivity contribution >= 4 is 5.97 Å². The molecule has 0 aromatic heterocycles. The Morgan fingerprint density at radius 1 is 1.17 bits per heavy atom. The lowest BCUT2D eigenvalue weighted by Gasteiger charge is -2.34. The second kappa shape index (κ2) is 6.53. The van der Waals surface area contributed by atoms with Gasteiger partial charge in [0.05, 0.1) is 18.3 Å². The van der Waals surface area contributed by atoms with Crippen LogP contribution in [0.5, 0.6) is 0 Å². The largest absolute Gasteiger partial charge is 0.465 e. The molecule has 0 spiro atoms. The number of carbonyl (C=O) groups excluding carboxylic acids is 1. The van der Waals surface area contributed by atoms with Gasteiger partial charge < -0.3 is 9.47 Å². The summed E-state index contributed by atoms with van der Waals surface area (Å²) in [6.45, 7) is 16.1. The Bertz CT molecular complexity index is 263. The van der Waals surface area contributed by atoms with Crippen LogP contribution in [-0.2, 0) is 14.3 Å². The van der Waals surface area contributed by atoms with E-state index in [2.05, 4.69) is 5.32 Å². The Morgan fingerprint density at radius 2 is 1.67 bits per heavy atom. The van der Waals surface area contributed by atoms with Crippen LogP contribution in [0.3, 0.4) is 0 Å². The summed E-state index contributed by atoms with van der Waals surface area (Å²) in [6, 6.07) is -0.454. The zero-order chi connectivity index (χ0) is 14.6. The summed E-state index contributed by atoms with van der Waals surface area (Å²) in [5, 5.41) is 3.26. The van der Waals surface area contributed by atoms with Gasteiger partial charge in [-0.25, -0.2) is 0 Å². The van der Waals surface area contributed by atoms with Crippen LogP contribution in [-0.4, -0.2) is 35.9 Å². The van der Waals surface area contributed by atoms with Crippen LogP contribution in [0, 0.1) is 0 Å². The summed E-state index contributed by atoms with van der Waals surface area (Å²) in [5.74, 6) is -0.260. The predicted octanol–water partition coefficient (Wildman–Crippen LogP) is 2.51. The molecule has 0 radical (unpaired) electrons. The molecule has 18 heavy (non-hydrogen) atoms. The van der Waals surface area contributed by atoms with Gasteiger partial charge in [0.1, 0.15) is 6.04 Å². The lowest BCUT2D eigenvalue weighted by Crippen LogP contribution is -2.55. The second-order valence-corrected chi connectivity index (χ2v) is 6.56. The molecule has 0 aliphatic heterocycles. The normalized spacial score (nSPS) is 16.2. The third kappa shape index (κ3) is 7.67. The number of esters is 1. The summed E-state index contributed by atoms with van der Waals surface area (Å²) >= 11 is 0. The van der Waals surface area contributed by atoms with E-state index in [0.717, 1.165) is 0 Å². The molecular weight excluding hydrogens is 230 g/mol. The molecule has 0 unspecified atom stereocenters. The van der Waals surface area contributed by atoms with Crippen molar-refractivity contribution in [2.75, 3.05) is 6.61 Å². The highest BCUT2D eigenvalue weighted by molar-refractivity contribution is 5.76. The van der Waals surface area contributed by atoms with Crippen molar-refractivity contribution in [3.05, 3.63) is 0 Å². The van der Waals surface area contributed by atoms with Gasteiger partial charge in [0.25, 0.3) is 0 Å². The van der Waals surface area contributed by atoms with E-state index >= 15 is 0 Å². The molecule has 0 aliphatic carbocycles. The van der Waals surface area contributed by atoms with Gasteiger partial charge in [0, 0.05) is 5.54 Å². The van der Waals surface area contributed by atoms with Crippen molar-refractivity contribution in [2.24, 2.45) is 0 Å². The standard InChI is InChI=1S/C14H29NO3/c1-9-17-12(16)11(15-13(3,4)5)10(2)18-14(6,7)8/h10-11,15H,9H2,1-8H3/t10-,11+/m1/s1. The number of nitrogens with one attached hydrogen (secondary N) is 1. The van der Waals surface area contributed by atoms with E-state index in [-0.39, 0.29) is 23.2 Å². The molecule has 0 fully saturated rings. The van der Waals surface area contributed by atoms with Crippen molar-refractivity contribution in [1.29, 1.82) is 0 Å². The molecule has 0 aromatic carbocycles. The van der Waals surface area contributed by atoms with Crippen molar-refractivity contribution in [3.63, 3.8) is 0 Å². The fourth-order valence-corrected chi connectivity index (χ4v) is 1.69. The summed E-state index contributed by atoms with van der Waals surface area (Å²) in [6.07, 6.45) is -0.247. The van der Waals surface area contributed by atoms with Crippen LogP contribution in [0.25, 0.3) is 0 Å². The van der Waals surface area contributed by atoms with Crippen molar-refractivity contribution in [3.8, 4) is 0 Å². The quantitative estimate of drug-likeness (QED) is 0.771. The van der Waals surface area contributed by atoms with E-state index in [9.17, 15) is 4.79 Å². The molecule has 0 heterocycles. The third-order valence-electron chi connectivity index (χ3n) is 2.14. The smallest absolute Gasteiger partial charge is 0.325 e. The molecule has 0 rings (SSSR count). The van der Waals surface area contributed by atoms with E-state index in [1.807, 2.05) is 48.5 Å². The van der Waals surface area contributed by atoms with Gasteiger partial charge in [-0.1, -0.05) is 0 Å². The van der Waals surface area contributed by atoms with Gasteiger partial charge in [-0.15, -0.1) is 0 Å². The van der Waals surface area contributed by atoms with Crippen molar-refractivity contribution < 1.29 is 14.3 Å². The topological polar surface area (TPSA) is 47.6 Å². The molecule has 0 aromatic rings. The summed E-state index contributed by atoms with van der Waals surface area (Å²) in [5.41, 5.74) is -0.462. The number of carbonyl (C=O) groups is 1. The second-order valence-electron chi connectivity index (χ2n) is 6.56. The lowest BCUT2D eigenvalue weighted by molar-refractivity contribution is -0.154. The highest BCUT2D eigenvalue weighted by Gasteiger charge is 2.32. The van der Waals surface area contributed by atoms with Crippen LogP contribution in [0.2, 0.25) is 0 Å². The molecule has 0 aliphatic rings. The Labute approximate surface area is 111 Å².